The first kappa shape index (κ1) is 11.3. The molecule has 15 heavy (non-hydrogen) atoms. The molecule has 0 N–H and O–H groups in total. The number of nitriles is 1. The van der Waals surface area contributed by atoms with Crippen molar-refractivity contribution in [3.63, 3.8) is 0 Å². The Morgan fingerprint density at radius 1 is 1.60 bits per heavy atom. The Balaban J connectivity index is 3.08. The number of nitrogens with zero attached hydrogens (tertiary/aromatic N) is 1. The fourth-order valence-corrected chi connectivity index (χ4v) is 1.26. The van der Waals surface area contributed by atoms with E-state index in [0.717, 1.165) is 11.5 Å². The highest BCUT2D eigenvalue weighted by atomic mass is 16.5. The van der Waals surface area contributed by atoms with E-state index >= 15 is 0 Å². The van der Waals surface area contributed by atoms with E-state index in [4.69, 9.17) is 10.00 Å². The van der Waals surface area contributed by atoms with Crippen molar-refractivity contribution < 1.29 is 4.74 Å². The molecule has 1 aromatic rings. The highest BCUT2D eigenvalue weighted by molar-refractivity contribution is 5.49. The van der Waals surface area contributed by atoms with Crippen LogP contribution in [0, 0.1) is 17.2 Å². The zero-order valence-electron chi connectivity index (χ0n) is 9.08. The minimum absolute atomic E-state index is 0.565. The van der Waals surface area contributed by atoms with Crippen LogP contribution in [0.1, 0.15) is 25.0 Å². The largest absolute Gasteiger partial charge is 0.492 e. The maximum atomic E-state index is 8.96. The molecule has 2 nitrogen and oxygen atoms in total. The lowest BCUT2D eigenvalue weighted by atomic mass is 9.99. The molecule has 0 aliphatic heterocycles. The summed E-state index contributed by atoms with van der Waals surface area (Å²) in [6, 6.07) is 7.71. The number of hydrogen-bond donors (Lipinski definition) is 0. The van der Waals surface area contributed by atoms with Crippen LogP contribution in [-0.2, 0) is 0 Å². The molecule has 1 rings (SSSR count). The average molecular weight is 200 g/mol. The Morgan fingerprint density at radius 3 is 2.87 bits per heavy atom. The SMILES string of the molecule is C=C[C](C)c1ccc(OCC)c(C#N)c1. The summed E-state index contributed by atoms with van der Waals surface area (Å²) in [5.74, 6) is 1.69. The van der Waals surface area contributed by atoms with Gasteiger partial charge in [-0.2, -0.15) is 5.26 Å². The van der Waals surface area contributed by atoms with Crippen molar-refractivity contribution in [3.8, 4) is 11.8 Å². The van der Waals surface area contributed by atoms with E-state index in [1.165, 1.54) is 0 Å². The van der Waals surface area contributed by atoms with Gasteiger partial charge in [-0.25, -0.2) is 0 Å². The normalized spacial score (nSPS) is 9.73. The summed E-state index contributed by atoms with van der Waals surface area (Å²) in [6.07, 6.45) is 1.77. The van der Waals surface area contributed by atoms with Gasteiger partial charge in [0.2, 0.25) is 0 Å². The Kier molecular flexibility index (Phi) is 3.93. The van der Waals surface area contributed by atoms with Crippen molar-refractivity contribution in [2.75, 3.05) is 6.61 Å². The predicted octanol–water partition coefficient (Wildman–Crippen LogP) is 3.09. The van der Waals surface area contributed by atoms with Crippen LogP contribution < -0.4 is 4.74 Å². The minimum Gasteiger partial charge on any atom is -0.492 e. The molecule has 2 heteroatoms. The van der Waals surface area contributed by atoms with Crippen LogP contribution in [0.2, 0.25) is 0 Å². The van der Waals surface area contributed by atoms with E-state index in [-0.39, 0.29) is 0 Å². The monoisotopic (exact) mass is 200 g/mol. The van der Waals surface area contributed by atoms with Crippen molar-refractivity contribution >= 4 is 0 Å². The van der Waals surface area contributed by atoms with Crippen LogP contribution in [0.3, 0.4) is 0 Å². The minimum atomic E-state index is 0.565. The zero-order valence-corrected chi connectivity index (χ0v) is 9.08. The van der Waals surface area contributed by atoms with Gasteiger partial charge in [0.15, 0.2) is 0 Å². The lowest BCUT2D eigenvalue weighted by molar-refractivity contribution is 0.339. The highest BCUT2D eigenvalue weighted by Gasteiger charge is 2.07. The van der Waals surface area contributed by atoms with Gasteiger partial charge < -0.3 is 4.74 Å². The van der Waals surface area contributed by atoms with Gasteiger partial charge in [0.05, 0.1) is 12.2 Å². The second-order valence-corrected chi connectivity index (χ2v) is 3.14. The first-order valence-corrected chi connectivity index (χ1v) is 4.86. The van der Waals surface area contributed by atoms with Gasteiger partial charge in [0, 0.05) is 5.92 Å². The second kappa shape index (κ2) is 5.21. The topological polar surface area (TPSA) is 33.0 Å². The highest BCUT2D eigenvalue weighted by Crippen LogP contribution is 2.23. The molecular formula is C13H14NO. The van der Waals surface area contributed by atoms with E-state index in [2.05, 4.69) is 12.6 Å². The van der Waals surface area contributed by atoms with Crippen molar-refractivity contribution in [1.29, 1.82) is 5.26 Å². The molecule has 77 valence electrons. The number of benzene rings is 1. The summed E-state index contributed by atoms with van der Waals surface area (Å²) in [7, 11) is 0. The van der Waals surface area contributed by atoms with Gasteiger partial charge in [-0.1, -0.05) is 19.1 Å². The summed E-state index contributed by atoms with van der Waals surface area (Å²) in [5.41, 5.74) is 1.57. The molecule has 0 amide bonds. The van der Waals surface area contributed by atoms with Crippen molar-refractivity contribution in [3.05, 3.63) is 47.9 Å². The molecule has 1 radical (unpaired) electrons. The summed E-state index contributed by atoms with van der Waals surface area (Å²) in [6.45, 7) is 8.13. The van der Waals surface area contributed by atoms with E-state index in [9.17, 15) is 0 Å². The molecule has 0 fully saturated rings. The third-order valence-corrected chi connectivity index (χ3v) is 2.16. The Morgan fingerprint density at radius 2 is 2.33 bits per heavy atom. The maximum Gasteiger partial charge on any atom is 0.137 e. The van der Waals surface area contributed by atoms with Gasteiger partial charge >= 0.3 is 0 Å². The van der Waals surface area contributed by atoms with Crippen LogP contribution in [0.25, 0.3) is 0 Å². The van der Waals surface area contributed by atoms with Crippen molar-refractivity contribution in [2.45, 2.75) is 13.8 Å². The van der Waals surface area contributed by atoms with Gasteiger partial charge in [0.1, 0.15) is 11.8 Å². The lowest BCUT2D eigenvalue weighted by Gasteiger charge is -2.09. The zero-order chi connectivity index (χ0) is 11.3. The molecule has 0 unspecified atom stereocenters. The Labute approximate surface area is 90.8 Å². The molecule has 0 aliphatic rings. The molecule has 0 atom stereocenters. The number of allylic oxidation sites excluding steroid dienone is 1. The maximum absolute atomic E-state index is 8.96. The molecule has 1 aromatic carbocycles. The molecular weight excluding hydrogens is 186 g/mol. The molecule has 0 saturated heterocycles. The predicted molar refractivity (Wildman–Crippen MR) is 60.5 cm³/mol. The molecule has 0 bridgehead atoms. The van der Waals surface area contributed by atoms with Gasteiger partial charge in [-0.15, -0.1) is 6.58 Å². The molecule has 0 saturated carbocycles. The molecule has 0 spiro atoms. The third kappa shape index (κ3) is 2.60. The van der Waals surface area contributed by atoms with Gasteiger partial charge in [-0.3, -0.25) is 0 Å². The van der Waals surface area contributed by atoms with Gasteiger partial charge in [0.25, 0.3) is 0 Å². The number of rotatable bonds is 4. The number of hydrogen-bond acceptors (Lipinski definition) is 2. The van der Waals surface area contributed by atoms with Crippen LogP contribution in [-0.4, -0.2) is 6.61 Å². The third-order valence-electron chi connectivity index (χ3n) is 2.16. The smallest absolute Gasteiger partial charge is 0.137 e. The standard InChI is InChI=1S/C13H14NO/c1-4-10(3)11-6-7-13(15-5-2)12(8-11)9-14/h4,6-8H,1,5H2,2-3H3. The van der Waals surface area contributed by atoms with E-state index in [0.29, 0.717) is 17.9 Å². The lowest BCUT2D eigenvalue weighted by Crippen LogP contribution is -1.97. The fourth-order valence-electron chi connectivity index (χ4n) is 1.26. The van der Waals surface area contributed by atoms with Crippen molar-refractivity contribution in [2.24, 2.45) is 0 Å². The van der Waals surface area contributed by atoms with E-state index in [1.54, 1.807) is 6.08 Å². The molecule has 0 aliphatic carbocycles. The first-order valence-electron chi connectivity index (χ1n) is 4.86. The van der Waals surface area contributed by atoms with E-state index in [1.807, 2.05) is 32.0 Å². The van der Waals surface area contributed by atoms with Crippen LogP contribution in [0.5, 0.6) is 5.75 Å². The summed E-state index contributed by atoms with van der Waals surface area (Å²) in [4.78, 5) is 0. The summed E-state index contributed by atoms with van der Waals surface area (Å²) >= 11 is 0. The first-order chi connectivity index (χ1) is 7.22. The van der Waals surface area contributed by atoms with E-state index < -0.39 is 0 Å². The Bertz CT molecular complexity index is 390. The number of ether oxygens (including phenoxy) is 1. The quantitative estimate of drug-likeness (QED) is 0.748. The fraction of sp³-hybridized carbons (Fsp3) is 0.231. The average Bonchev–Trinajstić information content (AvgIpc) is 2.29. The van der Waals surface area contributed by atoms with Crippen molar-refractivity contribution in [1.82, 2.24) is 0 Å². The summed E-state index contributed by atoms with van der Waals surface area (Å²) in [5, 5.41) is 8.96. The van der Waals surface area contributed by atoms with Crippen LogP contribution >= 0.6 is 0 Å². The van der Waals surface area contributed by atoms with Crippen LogP contribution in [0.4, 0.5) is 0 Å². The van der Waals surface area contributed by atoms with Gasteiger partial charge in [-0.05, 0) is 24.6 Å². The summed E-state index contributed by atoms with van der Waals surface area (Å²) < 4.78 is 5.34. The second-order valence-electron chi connectivity index (χ2n) is 3.14. The Hall–Kier alpha value is -1.75. The van der Waals surface area contributed by atoms with Crippen LogP contribution in [0.15, 0.2) is 30.9 Å². The molecule has 0 heterocycles. The molecule has 0 aromatic heterocycles.